The summed E-state index contributed by atoms with van der Waals surface area (Å²) in [5.74, 6) is 2.29. The first kappa shape index (κ1) is 15.2. The largest absolute Gasteiger partial charge is 0.316 e. The fraction of sp³-hybridized carbons (Fsp3) is 0.538. The SMILES string of the molecule is CCCSCC(Cc1c(Cl)cccc1Cl)NC. The van der Waals surface area contributed by atoms with Crippen LogP contribution in [0.1, 0.15) is 18.9 Å². The lowest BCUT2D eigenvalue weighted by Crippen LogP contribution is -2.30. The van der Waals surface area contributed by atoms with E-state index >= 15 is 0 Å². The van der Waals surface area contributed by atoms with E-state index in [1.165, 1.54) is 12.2 Å². The van der Waals surface area contributed by atoms with Crippen molar-refractivity contribution in [3.8, 4) is 0 Å². The number of likely N-dealkylation sites (N-methyl/N-ethyl adjacent to an activating group) is 1. The molecule has 0 saturated heterocycles. The highest BCUT2D eigenvalue weighted by Crippen LogP contribution is 2.26. The molecule has 1 aromatic carbocycles. The summed E-state index contributed by atoms with van der Waals surface area (Å²) in [4.78, 5) is 0. The van der Waals surface area contributed by atoms with Crippen LogP contribution < -0.4 is 5.32 Å². The Bertz CT molecular complexity index is 324. The standard InChI is InChI=1S/C13H19Cl2NS/c1-3-7-17-9-10(16-2)8-11-12(14)5-4-6-13(11)15/h4-6,10,16H,3,7-9H2,1-2H3. The molecule has 0 saturated carbocycles. The second-order valence-corrected chi connectivity index (χ2v) is 5.93. The molecule has 1 rings (SSSR count). The number of nitrogens with one attached hydrogen (secondary N) is 1. The van der Waals surface area contributed by atoms with E-state index in [1.54, 1.807) is 0 Å². The van der Waals surface area contributed by atoms with Crippen LogP contribution in [-0.4, -0.2) is 24.6 Å². The minimum absolute atomic E-state index is 0.420. The van der Waals surface area contributed by atoms with Gasteiger partial charge < -0.3 is 5.32 Å². The molecule has 4 heteroatoms. The highest BCUT2D eigenvalue weighted by atomic mass is 35.5. The molecular weight excluding hydrogens is 273 g/mol. The molecule has 0 aromatic heterocycles. The Balaban J connectivity index is 2.60. The van der Waals surface area contributed by atoms with Crippen molar-refractivity contribution in [1.82, 2.24) is 5.32 Å². The van der Waals surface area contributed by atoms with Gasteiger partial charge in [-0.25, -0.2) is 0 Å². The van der Waals surface area contributed by atoms with Gasteiger partial charge in [-0.15, -0.1) is 0 Å². The van der Waals surface area contributed by atoms with Gasteiger partial charge in [-0.1, -0.05) is 36.2 Å². The lowest BCUT2D eigenvalue weighted by Gasteiger charge is -2.17. The normalized spacial score (nSPS) is 12.7. The summed E-state index contributed by atoms with van der Waals surface area (Å²) >= 11 is 14.3. The summed E-state index contributed by atoms with van der Waals surface area (Å²) in [6, 6.07) is 6.10. The minimum Gasteiger partial charge on any atom is -0.316 e. The first-order valence-electron chi connectivity index (χ1n) is 5.87. The Hall–Kier alpha value is 0.110. The van der Waals surface area contributed by atoms with Crippen molar-refractivity contribution >= 4 is 35.0 Å². The van der Waals surface area contributed by atoms with Gasteiger partial charge in [-0.05, 0) is 43.3 Å². The van der Waals surface area contributed by atoms with Crippen molar-refractivity contribution in [3.05, 3.63) is 33.8 Å². The smallest absolute Gasteiger partial charge is 0.0453 e. The van der Waals surface area contributed by atoms with Gasteiger partial charge in [0.25, 0.3) is 0 Å². The molecule has 0 aliphatic heterocycles. The number of hydrogen-bond donors (Lipinski definition) is 1. The van der Waals surface area contributed by atoms with Crippen LogP contribution in [0.2, 0.25) is 10.0 Å². The maximum atomic E-state index is 6.17. The Morgan fingerprint density at radius 3 is 2.47 bits per heavy atom. The van der Waals surface area contributed by atoms with Gasteiger partial charge in [-0.2, -0.15) is 11.8 Å². The molecule has 0 radical (unpaired) electrons. The molecule has 0 spiro atoms. The second kappa shape index (κ2) is 8.25. The van der Waals surface area contributed by atoms with Crippen LogP contribution >= 0.6 is 35.0 Å². The predicted octanol–water partition coefficient (Wildman–Crippen LogP) is 4.27. The van der Waals surface area contributed by atoms with Gasteiger partial charge in [0, 0.05) is 21.8 Å². The average molecular weight is 292 g/mol. The maximum absolute atomic E-state index is 6.17. The summed E-state index contributed by atoms with van der Waals surface area (Å²) < 4.78 is 0. The lowest BCUT2D eigenvalue weighted by molar-refractivity contribution is 0.617. The number of halogens is 2. The summed E-state index contributed by atoms with van der Waals surface area (Å²) in [7, 11) is 1.99. The third-order valence-electron chi connectivity index (χ3n) is 2.59. The van der Waals surface area contributed by atoms with Gasteiger partial charge in [0.2, 0.25) is 0 Å². The first-order valence-corrected chi connectivity index (χ1v) is 7.78. The summed E-state index contributed by atoms with van der Waals surface area (Å²) in [5, 5.41) is 4.85. The van der Waals surface area contributed by atoms with E-state index < -0.39 is 0 Å². The fourth-order valence-electron chi connectivity index (χ4n) is 1.59. The third-order valence-corrected chi connectivity index (χ3v) is 4.63. The van der Waals surface area contributed by atoms with E-state index in [0.29, 0.717) is 6.04 Å². The van der Waals surface area contributed by atoms with Crippen molar-refractivity contribution in [3.63, 3.8) is 0 Å². The molecule has 0 aliphatic rings. The molecular formula is C13H19Cl2NS. The quantitative estimate of drug-likeness (QED) is 0.753. The number of benzene rings is 1. The van der Waals surface area contributed by atoms with E-state index in [4.69, 9.17) is 23.2 Å². The number of hydrogen-bond acceptors (Lipinski definition) is 2. The molecule has 0 aliphatic carbocycles. The Labute approximate surface area is 118 Å². The monoisotopic (exact) mass is 291 g/mol. The van der Waals surface area contributed by atoms with E-state index in [1.807, 2.05) is 37.0 Å². The predicted molar refractivity (Wildman–Crippen MR) is 80.6 cm³/mol. The zero-order valence-corrected chi connectivity index (χ0v) is 12.6. The van der Waals surface area contributed by atoms with Crippen molar-refractivity contribution in [2.45, 2.75) is 25.8 Å². The summed E-state index contributed by atoms with van der Waals surface area (Å²) in [5.41, 5.74) is 1.05. The molecule has 17 heavy (non-hydrogen) atoms. The molecule has 0 heterocycles. The second-order valence-electron chi connectivity index (χ2n) is 3.96. The van der Waals surface area contributed by atoms with Crippen LogP contribution in [0.25, 0.3) is 0 Å². The highest BCUT2D eigenvalue weighted by Gasteiger charge is 2.12. The fourth-order valence-corrected chi connectivity index (χ4v) is 3.16. The summed E-state index contributed by atoms with van der Waals surface area (Å²) in [6.45, 7) is 2.20. The Morgan fingerprint density at radius 1 is 1.29 bits per heavy atom. The molecule has 1 nitrogen and oxygen atoms in total. The van der Waals surface area contributed by atoms with Crippen LogP contribution in [0, 0.1) is 0 Å². The van der Waals surface area contributed by atoms with Crippen LogP contribution in [0.5, 0.6) is 0 Å². The molecule has 1 atom stereocenters. The van der Waals surface area contributed by atoms with Gasteiger partial charge >= 0.3 is 0 Å². The van der Waals surface area contributed by atoms with Gasteiger partial charge in [0.05, 0.1) is 0 Å². The topological polar surface area (TPSA) is 12.0 Å². The van der Waals surface area contributed by atoms with Crippen molar-refractivity contribution in [2.75, 3.05) is 18.6 Å². The first-order chi connectivity index (χ1) is 8.19. The van der Waals surface area contributed by atoms with Crippen LogP contribution in [0.15, 0.2) is 18.2 Å². The lowest BCUT2D eigenvalue weighted by atomic mass is 10.1. The average Bonchev–Trinajstić information content (AvgIpc) is 2.32. The van der Waals surface area contributed by atoms with Crippen molar-refractivity contribution in [2.24, 2.45) is 0 Å². The molecule has 96 valence electrons. The van der Waals surface area contributed by atoms with E-state index in [2.05, 4.69) is 12.2 Å². The zero-order valence-electron chi connectivity index (χ0n) is 10.3. The third kappa shape index (κ3) is 5.09. The summed E-state index contributed by atoms with van der Waals surface area (Å²) in [6.07, 6.45) is 2.10. The highest BCUT2D eigenvalue weighted by molar-refractivity contribution is 7.99. The van der Waals surface area contributed by atoms with Gasteiger partial charge in [-0.3, -0.25) is 0 Å². The van der Waals surface area contributed by atoms with E-state index in [-0.39, 0.29) is 0 Å². The molecule has 0 fully saturated rings. The molecule has 1 aromatic rings. The minimum atomic E-state index is 0.420. The molecule has 0 amide bonds. The zero-order chi connectivity index (χ0) is 12.7. The van der Waals surface area contributed by atoms with Gasteiger partial charge in [0.15, 0.2) is 0 Å². The Morgan fingerprint density at radius 2 is 1.94 bits per heavy atom. The number of thioether (sulfide) groups is 1. The number of rotatable bonds is 7. The van der Waals surface area contributed by atoms with E-state index in [9.17, 15) is 0 Å². The van der Waals surface area contributed by atoms with Gasteiger partial charge in [0.1, 0.15) is 0 Å². The van der Waals surface area contributed by atoms with Crippen molar-refractivity contribution < 1.29 is 0 Å². The van der Waals surface area contributed by atoms with Crippen molar-refractivity contribution in [1.29, 1.82) is 0 Å². The molecule has 0 bridgehead atoms. The van der Waals surface area contributed by atoms with Crippen LogP contribution in [0.4, 0.5) is 0 Å². The van der Waals surface area contributed by atoms with E-state index in [0.717, 1.165) is 27.8 Å². The maximum Gasteiger partial charge on any atom is 0.0453 e. The van der Waals surface area contributed by atoms with Crippen LogP contribution in [0.3, 0.4) is 0 Å². The molecule has 1 unspecified atom stereocenters. The Kier molecular flexibility index (Phi) is 7.36. The molecule has 1 N–H and O–H groups in total. The van der Waals surface area contributed by atoms with Crippen LogP contribution in [-0.2, 0) is 6.42 Å².